The van der Waals surface area contributed by atoms with Crippen molar-refractivity contribution in [1.29, 1.82) is 0 Å². The summed E-state index contributed by atoms with van der Waals surface area (Å²) in [6, 6.07) is 35.2. The maximum atomic E-state index is 13.0. The van der Waals surface area contributed by atoms with Gasteiger partial charge < -0.3 is 56.2 Å². The second-order valence-electron chi connectivity index (χ2n) is 20.5. The average molecular weight is 1250 g/mol. The lowest BCUT2D eigenvalue weighted by atomic mass is 10.1. The number of para-hydroxylation sites is 2. The lowest BCUT2D eigenvalue weighted by molar-refractivity contribution is 0.417. The molecule has 0 spiro atoms. The molecule has 15 aromatic rings. The highest BCUT2D eigenvalue weighted by Gasteiger charge is 2.11. The number of nitrogens with zero attached hydrogens (tertiary/aromatic N) is 16. The van der Waals surface area contributed by atoms with Gasteiger partial charge in [0.2, 0.25) is 0 Å². The first-order valence-corrected chi connectivity index (χ1v) is 29.6. The van der Waals surface area contributed by atoms with Crippen molar-refractivity contribution in [3.05, 3.63) is 224 Å². The molecule has 28 heteroatoms. The Morgan fingerprint density at radius 2 is 0.796 bits per heavy atom. The van der Waals surface area contributed by atoms with Crippen LogP contribution in [0.4, 0.5) is 39.2 Å². The number of nitrogens with one attached hydrogen (secondary N) is 10. The highest BCUT2D eigenvalue weighted by molar-refractivity contribution is 5.86. The first kappa shape index (κ1) is 62.1. The fourth-order valence-electron chi connectivity index (χ4n) is 9.51. The molecule has 93 heavy (non-hydrogen) atoms. The molecule has 11 heterocycles. The number of methoxy groups -OCH3 is 1. The lowest BCUT2D eigenvalue weighted by Crippen LogP contribution is -2.07. The van der Waals surface area contributed by atoms with Crippen molar-refractivity contribution >= 4 is 90.6 Å². The number of aromatic amines is 5. The number of imidazole rings is 5. The van der Waals surface area contributed by atoms with E-state index in [0.29, 0.717) is 46.4 Å². The predicted octanol–water partition coefficient (Wildman–Crippen LogP) is 10.3. The number of ether oxygens (including phenoxy) is 1. The van der Waals surface area contributed by atoms with Gasteiger partial charge in [0.1, 0.15) is 70.8 Å². The highest BCUT2D eigenvalue weighted by atomic mass is 19.1. The zero-order chi connectivity index (χ0) is 63.8. The summed E-state index contributed by atoms with van der Waals surface area (Å²) >= 11 is 0. The van der Waals surface area contributed by atoms with Crippen molar-refractivity contribution in [3.8, 4) is 5.75 Å². The number of pyridine rings is 1. The average Bonchev–Trinajstić information content (AvgIpc) is 2.09. The number of anilines is 6. The SMILES string of the molecule is COc1ccccc1Nc1ncnc2nc[nH]c12.Cc1ccc(CCNc2ncnc3nc[nH]c23)cc1.Cc1ccccc1CCNc1ncnc2nc[nH]c12.Fc1cccc(CCNc2ncnc3nc[nH]c23)c1.c1cc(CCNc2ncnc3nc[nH]c23)ccn1. The summed E-state index contributed by atoms with van der Waals surface area (Å²) in [7, 11) is 1.63. The molecular formula is C65H65FN26O. The molecule has 0 bridgehead atoms. The second-order valence-corrected chi connectivity index (χ2v) is 20.5. The third-order valence-electron chi connectivity index (χ3n) is 14.3. The van der Waals surface area contributed by atoms with Gasteiger partial charge in [-0.15, -0.1) is 0 Å². The van der Waals surface area contributed by atoms with Crippen LogP contribution >= 0.6 is 0 Å². The van der Waals surface area contributed by atoms with E-state index in [1.54, 1.807) is 57.2 Å². The summed E-state index contributed by atoms with van der Waals surface area (Å²) < 4.78 is 18.3. The molecule has 4 aromatic carbocycles. The minimum Gasteiger partial charge on any atom is -0.495 e. The van der Waals surface area contributed by atoms with Crippen LogP contribution in [0, 0.1) is 19.7 Å². The van der Waals surface area contributed by atoms with E-state index < -0.39 is 0 Å². The van der Waals surface area contributed by atoms with Gasteiger partial charge in [0.05, 0.1) is 44.4 Å². The van der Waals surface area contributed by atoms with E-state index in [0.717, 1.165) is 107 Å². The number of fused-ring (bicyclic) bond motifs is 5. The molecule has 0 aliphatic carbocycles. The molecular weight excluding hydrogens is 1180 g/mol. The smallest absolute Gasteiger partial charge is 0.182 e. The molecule has 0 unspecified atom stereocenters. The molecule has 0 aliphatic rings. The molecule has 27 nitrogen and oxygen atoms in total. The number of hydrogen-bond donors (Lipinski definition) is 10. The van der Waals surface area contributed by atoms with Crippen molar-refractivity contribution in [2.75, 3.05) is 59.9 Å². The summed E-state index contributed by atoms with van der Waals surface area (Å²) in [6.45, 7) is 7.35. The summed E-state index contributed by atoms with van der Waals surface area (Å²) in [5, 5.41) is 16.3. The Morgan fingerprint density at radius 3 is 1.26 bits per heavy atom. The number of H-pyrrole nitrogens is 5. The van der Waals surface area contributed by atoms with Crippen LogP contribution in [0.2, 0.25) is 0 Å². The molecule has 0 aliphatic heterocycles. The monoisotopic (exact) mass is 1240 g/mol. The van der Waals surface area contributed by atoms with Gasteiger partial charge in [0.15, 0.2) is 57.3 Å². The van der Waals surface area contributed by atoms with Crippen LogP contribution < -0.4 is 31.3 Å². The molecule has 0 amide bonds. The third-order valence-corrected chi connectivity index (χ3v) is 14.3. The van der Waals surface area contributed by atoms with Crippen LogP contribution in [0.3, 0.4) is 0 Å². The Morgan fingerprint density at radius 1 is 0.387 bits per heavy atom. The normalized spacial score (nSPS) is 10.7. The zero-order valence-electron chi connectivity index (χ0n) is 50.9. The maximum absolute atomic E-state index is 13.0. The lowest BCUT2D eigenvalue weighted by Gasteiger charge is -2.10. The molecule has 0 saturated carbocycles. The van der Waals surface area contributed by atoms with Crippen LogP contribution in [-0.4, -0.2) is 138 Å². The minimum absolute atomic E-state index is 0.213. The molecule has 0 saturated heterocycles. The third kappa shape index (κ3) is 17.0. The number of rotatable bonds is 19. The number of benzene rings is 4. The van der Waals surface area contributed by atoms with Crippen molar-refractivity contribution in [1.82, 2.24) is 105 Å². The van der Waals surface area contributed by atoms with Gasteiger partial charge >= 0.3 is 0 Å². The zero-order valence-corrected chi connectivity index (χ0v) is 50.9. The van der Waals surface area contributed by atoms with Gasteiger partial charge in [-0.05, 0) is 104 Å². The van der Waals surface area contributed by atoms with E-state index in [9.17, 15) is 4.39 Å². The number of aromatic nitrogens is 21. The van der Waals surface area contributed by atoms with Crippen molar-refractivity contribution in [3.63, 3.8) is 0 Å². The van der Waals surface area contributed by atoms with Gasteiger partial charge in [-0.3, -0.25) is 4.98 Å². The summed E-state index contributed by atoms with van der Waals surface area (Å²) in [5.41, 5.74) is 15.7. The molecule has 11 aromatic heterocycles. The van der Waals surface area contributed by atoms with Gasteiger partial charge in [0.25, 0.3) is 0 Å². The fourth-order valence-corrected chi connectivity index (χ4v) is 9.51. The highest BCUT2D eigenvalue weighted by Crippen LogP contribution is 2.28. The van der Waals surface area contributed by atoms with Gasteiger partial charge in [-0.25, -0.2) is 79.2 Å². The molecule has 468 valence electrons. The topological polar surface area (TPSA) is 355 Å². The largest absolute Gasteiger partial charge is 0.495 e. The first-order chi connectivity index (χ1) is 45.8. The summed E-state index contributed by atoms with van der Waals surface area (Å²) in [4.78, 5) is 80.9. The Hall–Kier alpha value is -12.5. The van der Waals surface area contributed by atoms with E-state index >= 15 is 0 Å². The number of hydrogen-bond acceptors (Lipinski definition) is 22. The van der Waals surface area contributed by atoms with Crippen molar-refractivity contribution in [2.24, 2.45) is 0 Å². The van der Waals surface area contributed by atoms with Crippen LogP contribution in [-0.2, 0) is 25.7 Å². The fraction of sp³-hybridized carbons (Fsp3) is 0.169. The standard InChI is InChI=1S/2C14H15N5.C13H12FN5.C12H12N6.C12H11N5O/c1-10-2-4-11(5-3-10)6-7-15-13-12-14(17-8-16-12)19-9-18-13;1-10-4-2-3-5-11(10)6-7-15-13-12-14(17-8-16-12)19-9-18-13;14-10-3-1-2-9(6-10)4-5-15-12-11-13(17-7-16-11)19-8-18-12;1-4-13-5-2-9(1)3-6-14-11-10-12(16-7-15-10)18-8-17-11;1-18-9-5-3-2-4-8(9)17-12-10-11(14-6-13-10)15-7-16-12/h2*2-5,8-9H,6-7H2,1H3,(H2,15,16,17,18,19);1-3,6-8H,4-5H2,(H2,15,16,17,18,19);1-2,4-5,7-8H,3,6H2,(H2,14,15,16,17,18);2-7H,1H3,(H2,13,14,15,16,17). The van der Waals surface area contributed by atoms with Crippen molar-refractivity contribution < 1.29 is 9.13 Å². The Labute approximate surface area is 531 Å². The predicted molar refractivity (Wildman–Crippen MR) is 356 cm³/mol. The van der Waals surface area contributed by atoms with Crippen LogP contribution in [0.25, 0.3) is 55.8 Å². The summed E-state index contributed by atoms with van der Waals surface area (Å²) in [5.74, 6) is 4.30. The molecule has 0 fully saturated rings. The Kier molecular flexibility index (Phi) is 21.1. The van der Waals surface area contributed by atoms with E-state index in [1.165, 1.54) is 71.6 Å². The van der Waals surface area contributed by atoms with Crippen LogP contribution in [0.5, 0.6) is 5.75 Å². The quantitative estimate of drug-likeness (QED) is 0.0360. The number of halogens is 1. The van der Waals surface area contributed by atoms with Crippen molar-refractivity contribution in [2.45, 2.75) is 39.5 Å². The van der Waals surface area contributed by atoms with E-state index in [2.05, 4.69) is 194 Å². The molecule has 0 atom stereocenters. The maximum Gasteiger partial charge on any atom is 0.182 e. The van der Waals surface area contributed by atoms with E-state index in [1.807, 2.05) is 42.5 Å². The molecule has 15 rings (SSSR count). The summed E-state index contributed by atoms with van der Waals surface area (Å²) in [6.07, 6.45) is 22.7. The Balaban J connectivity index is 0.000000119. The van der Waals surface area contributed by atoms with Crippen LogP contribution in [0.15, 0.2) is 185 Å². The van der Waals surface area contributed by atoms with E-state index in [-0.39, 0.29) is 5.82 Å². The minimum atomic E-state index is -0.213. The number of aryl methyl sites for hydroxylation is 2. The van der Waals surface area contributed by atoms with Gasteiger partial charge in [0, 0.05) is 38.6 Å². The van der Waals surface area contributed by atoms with E-state index in [4.69, 9.17) is 4.74 Å². The van der Waals surface area contributed by atoms with Gasteiger partial charge in [-0.1, -0.05) is 78.4 Å². The van der Waals surface area contributed by atoms with Crippen LogP contribution in [0.1, 0.15) is 33.4 Å². The Bertz CT molecular complexity index is 4760. The second kappa shape index (κ2) is 31.6. The first-order valence-electron chi connectivity index (χ1n) is 29.6. The van der Waals surface area contributed by atoms with Gasteiger partial charge in [-0.2, -0.15) is 0 Å². The molecule has 0 radical (unpaired) electrons. The molecule has 10 N–H and O–H groups in total.